The highest BCUT2D eigenvalue weighted by atomic mass is 16.3. The topological polar surface area (TPSA) is 89.8 Å². The van der Waals surface area contributed by atoms with Crippen molar-refractivity contribution in [2.45, 2.75) is 283 Å². The number of hydrogen-bond acceptors (Lipinski definition) is 4. The number of carbonyl (C=O) groups is 1. The Morgan fingerprint density at radius 2 is 0.754 bits per heavy atom. The number of aliphatic hydroxyl groups excluding tert-OH is 3. The van der Waals surface area contributed by atoms with Crippen molar-refractivity contribution in [3.05, 3.63) is 36.5 Å². The molecule has 0 aromatic rings. The zero-order chi connectivity index (χ0) is 41.5. The lowest BCUT2D eigenvalue weighted by Crippen LogP contribution is -2.45. The van der Waals surface area contributed by atoms with Gasteiger partial charge in [-0.05, 0) is 38.5 Å². The van der Waals surface area contributed by atoms with E-state index in [1.165, 1.54) is 199 Å². The van der Waals surface area contributed by atoms with Gasteiger partial charge in [0.1, 0.15) is 0 Å². The minimum absolute atomic E-state index is 0.00505. The zero-order valence-corrected chi connectivity index (χ0v) is 38.2. The minimum Gasteiger partial charge on any atom is -0.394 e. The SMILES string of the molecule is CCCC/C=C/CC/C=C/CC/C=C/C(O)C(CO)NC(=O)CC(O)CCCCCCCCCCCCCCCCCCCCCCCCCCCCCCCC. The highest BCUT2D eigenvalue weighted by Gasteiger charge is 2.20. The van der Waals surface area contributed by atoms with E-state index in [4.69, 9.17) is 0 Å². The van der Waals surface area contributed by atoms with Crippen LogP contribution in [-0.2, 0) is 4.79 Å². The van der Waals surface area contributed by atoms with Crippen molar-refractivity contribution in [2.75, 3.05) is 6.61 Å². The Morgan fingerprint density at radius 3 is 1.11 bits per heavy atom. The molecular formula is C52H99NO4. The van der Waals surface area contributed by atoms with Crippen LogP contribution in [0.1, 0.15) is 264 Å². The molecule has 0 rings (SSSR count). The highest BCUT2D eigenvalue weighted by Crippen LogP contribution is 2.17. The molecule has 0 radical (unpaired) electrons. The van der Waals surface area contributed by atoms with Crippen LogP contribution in [0.5, 0.6) is 0 Å². The smallest absolute Gasteiger partial charge is 0.222 e. The number of carbonyl (C=O) groups excluding carboxylic acids is 1. The van der Waals surface area contributed by atoms with Crippen LogP contribution in [0, 0.1) is 0 Å². The Kier molecular flexibility index (Phi) is 46.1. The van der Waals surface area contributed by atoms with Crippen molar-refractivity contribution >= 4 is 5.91 Å². The van der Waals surface area contributed by atoms with Crippen molar-refractivity contribution in [2.24, 2.45) is 0 Å². The zero-order valence-electron chi connectivity index (χ0n) is 38.2. The van der Waals surface area contributed by atoms with Gasteiger partial charge in [-0.25, -0.2) is 0 Å². The number of aliphatic hydroxyl groups is 3. The molecule has 5 heteroatoms. The van der Waals surface area contributed by atoms with E-state index in [-0.39, 0.29) is 18.9 Å². The normalized spacial score (nSPS) is 13.7. The number of nitrogens with one attached hydrogen (secondary N) is 1. The summed E-state index contributed by atoms with van der Waals surface area (Å²) in [5.74, 6) is -0.328. The second kappa shape index (κ2) is 47.3. The van der Waals surface area contributed by atoms with E-state index >= 15 is 0 Å². The second-order valence-electron chi connectivity index (χ2n) is 17.4. The fourth-order valence-electron chi connectivity index (χ4n) is 7.77. The van der Waals surface area contributed by atoms with Gasteiger partial charge in [0, 0.05) is 0 Å². The Bertz CT molecular complexity index is 885. The van der Waals surface area contributed by atoms with Crippen LogP contribution in [0.4, 0.5) is 0 Å². The van der Waals surface area contributed by atoms with Gasteiger partial charge >= 0.3 is 0 Å². The molecule has 4 N–H and O–H groups in total. The van der Waals surface area contributed by atoms with Crippen molar-refractivity contribution in [3.63, 3.8) is 0 Å². The third kappa shape index (κ3) is 44.0. The van der Waals surface area contributed by atoms with Gasteiger partial charge < -0.3 is 20.6 Å². The van der Waals surface area contributed by atoms with Crippen LogP contribution >= 0.6 is 0 Å². The fraction of sp³-hybridized carbons (Fsp3) is 0.865. The summed E-state index contributed by atoms with van der Waals surface area (Å²) in [6.45, 7) is 4.16. The first-order chi connectivity index (χ1) is 28.0. The van der Waals surface area contributed by atoms with Gasteiger partial charge in [-0.3, -0.25) is 4.79 Å². The van der Waals surface area contributed by atoms with Crippen molar-refractivity contribution in [1.82, 2.24) is 5.32 Å². The van der Waals surface area contributed by atoms with Crippen molar-refractivity contribution in [3.8, 4) is 0 Å². The summed E-state index contributed by atoms with van der Waals surface area (Å²) in [5.41, 5.74) is 0. The Morgan fingerprint density at radius 1 is 0.439 bits per heavy atom. The van der Waals surface area contributed by atoms with Crippen LogP contribution in [0.2, 0.25) is 0 Å². The third-order valence-corrected chi connectivity index (χ3v) is 11.7. The van der Waals surface area contributed by atoms with Crippen LogP contribution in [0.15, 0.2) is 36.5 Å². The maximum Gasteiger partial charge on any atom is 0.222 e. The van der Waals surface area contributed by atoms with E-state index in [1.54, 1.807) is 6.08 Å². The second-order valence-corrected chi connectivity index (χ2v) is 17.4. The molecule has 5 nitrogen and oxygen atoms in total. The first-order valence-electron chi connectivity index (χ1n) is 25.3. The van der Waals surface area contributed by atoms with Crippen LogP contribution < -0.4 is 5.32 Å². The maximum absolute atomic E-state index is 12.4. The first-order valence-corrected chi connectivity index (χ1v) is 25.3. The molecule has 0 fully saturated rings. The van der Waals surface area contributed by atoms with Crippen LogP contribution in [0.3, 0.4) is 0 Å². The van der Waals surface area contributed by atoms with Crippen LogP contribution in [0.25, 0.3) is 0 Å². The van der Waals surface area contributed by atoms with E-state index in [2.05, 4.69) is 43.5 Å². The minimum atomic E-state index is -0.957. The molecule has 0 aliphatic heterocycles. The Balaban J connectivity index is 3.51. The average Bonchev–Trinajstić information content (AvgIpc) is 3.20. The molecule has 0 aliphatic carbocycles. The van der Waals surface area contributed by atoms with Gasteiger partial charge in [0.25, 0.3) is 0 Å². The molecule has 0 spiro atoms. The van der Waals surface area contributed by atoms with Crippen molar-refractivity contribution in [1.29, 1.82) is 0 Å². The molecule has 1 amide bonds. The lowest BCUT2D eigenvalue weighted by atomic mass is 10.0. The lowest BCUT2D eigenvalue weighted by molar-refractivity contribution is -0.124. The van der Waals surface area contributed by atoms with Crippen LogP contribution in [-0.4, -0.2) is 46.1 Å². The summed E-state index contributed by atoms with van der Waals surface area (Å²) in [4.78, 5) is 12.4. The molecule has 0 heterocycles. The summed E-state index contributed by atoms with van der Waals surface area (Å²) in [6.07, 6.45) is 60.5. The van der Waals surface area contributed by atoms with E-state index in [9.17, 15) is 20.1 Å². The predicted molar refractivity (Wildman–Crippen MR) is 250 cm³/mol. The standard InChI is InChI=1S/C52H99NO4/c1-3-5-7-9-11-13-15-17-18-19-20-21-22-23-24-25-26-27-28-29-30-31-32-33-34-35-37-39-41-43-45-49(55)47-52(57)53-50(48-54)51(56)46-44-42-40-38-36-16-14-12-10-8-6-4-2/h10,12,36,38,44,46,49-51,54-56H,3-9,11,13-35,37,39-43,45,47-48H2,1-2H3,(H,53,57)/b12-10+,38-36+,46-44+. The summed E-state index contributed by atoms with van der Waals surface area (Å²) in [5, 5.41) is 33.2. The number of amides is 1. The fourth-order valence-corrected chi connectivity index (χ4v) is 7.77. The third-order valence-electron chi connectivity index (χ3n) is 11.7. The predicted octanol–water partition coefficient (Wildman–Crippen LogP) is 15.1. The number of hydrogen-bond donors (Lipinski definition) is 4. The Hall–Kier alpha value is -1.43. The number of allylic oxidation sites excluding steroid dienone is 5. The van der Waals surface area contributed by atoms with Gasteiger partial charge in [-0.1, -0.05) is 256 Å². The van der Waals surface area contributed by atoms with Gasteiger partial charge in [-0.15, -0.1) is 0 Å². The van der Waals surface area contributed by atoms with E-state index in [1.807, 2.05) is 6.08 Å². The van der Waals surface area contributed by atoms with E-state index in [0.29, 0.717) is 6.42 Å². The molecule has 336 valence electrons. The first kappa shape index (κ1) is 55.6. The van der Waals surface area contributed by atoms with Gasteiger partial charge in [0.2, 0.25) is 5.91 Å². The largest absolute Gasteiger partial charge is 0.394 e. The average molecular weight is 802 g/mol. The molecule has 3 atom stereocenters. The summed E-state index contributed by atoms with van der Waals surface area (Å²) in [7, 11) is 0. The summed E-state index contributed by atoms with van der Waals surface area (Å²) in [6, 6.07) is -0.765. The molecule has 0 saturated heterocycles. The highest BCUT2D eigenvalue weighted by molar-refractivity contribution is 5.76. The van der Waals surface area contributed by atoms with Gasteiger partial charge in [-0.2, -0.15) is 0 Å². The van der Waals surface area contributed by atoms with Crippen molar-refractivity contribution < 1.29 is 20.1 Å². The van der Waals surface area contributed by atoms with E-state index in [0.717, 1.165) is 38.5 Å². The lowest BCUT2D eigenvalue weighted by Gasteiger charge is -2.21. The number of rotatable bonds is 46. The van der Waals surface area contributed by atoms with E-state index < -0.39 is 18.2 Å². The molecule has 0 aromatic heterocycles. The summed E-state index contributed by atoms with van der Waals surface area (Å²) < 4.78 is 0. The summed E-state index contributed by atoms with van der Waals surface area (Å²) >= 11 is 0. The molecule has 0 aromatic carbocycles. The molecule has 0 saturated carbocycles. The molecule has 0 bridgehead atoms. The number of unbranched alkanes of at least 4 members (excludes halogenated alkanes) is 33. The maximum atomic E-state index is 12.4. The molecule has 3 unspecified atom stereocenters. The molecular weight excluding hydrogens is 703 g/mol. The van der Waals surface area contributed by atoms with Gasteiger partial charge in [0.05, 0.1) is 31.3 Å². The molecule has 0 aliphatic rings. The molecule has 57 heavy (non-hydrogen) atoms. The Labute approximate surface area is 355 Å². The van der Waals surface area contributed by atoms with Gasteiger partial charge in [0.15, 0.2) is 0 Å². The monoisotopic (exact) mass is 802 g/mol. The quantitative estimate of drug-likeness (QED) is 0.0365.